The Morgan fingerprint density at radius 3 is 2.50 bits per heavy atom. The molecule has 1 atom stereocenters. The summed E-state index contributed by atoms with van der Waals surface area (Å²) >= 11 is 0. The van der Waals surface area contributed by atoms with Gasteiger partial charge in [-0.15, -0.1) is 0 Å². The molecule has 1 saturated heterocycles. The molecule has 0 aromatic rings. The number of carboxylic acids is 1. The van der Waals surface area contributed by atoms with Gasteiger partial charge < -0.3 is 10.8 Å². The van der Waals surface area contributed by atoms with Crippen LogP contribution < -0.4 is 11.1 Å². The van der Waals surface area contributed by atoms with E-state index in [0.717, 1.165) is 0 Å². The van der Waals surface area contributed by atoms with Crippen molar-refractivity contribution < 1.29 is 19.5 Å². The summed E-state index contributed by atoms with van der Waals surface area (Å²) in [5.74, 6) is -1.21. The lowest BCUT2D eigenvalue weighted by Crippen LogP contribution is -2.57. The zero-order valence-electron chi connectivity index (χ0n) is 8.97. The molecule has 16 heavy (non-hydrogen) atoms. The van der Waals surface area contributed by atoms with Crippen molar-refractivity contribution >= 4 is 17.9 Å². The molecule has 0 aliphatic carbocycles. The summed E-state index contributed by atoms with van der Waals surface area (Å²) in [7, 11) is 0. The Balaban J connectivity index is 2.31. The maximum Gasteiger partial charge on any atom is 0.318 e. The molecular formula is C9H15N3O4. The van der Waals surface area contributed by atoms with Crippen LogP contribution in [-0.2, 0) is 9.59 Å². The van der Waals surface area contributed by atoms with Crippen molar-refractivity contribution in [1.82, 2.24) is 10.2 Å². The molecule has 1 aliphatic heterocycles. The maximum atomic E-state index is 11.3. The number of nitrogens with zero attached hydrogens (tertiary/aromatic N) is 1. The third-order valence-electron chi connectivity index (χ3n) is 2.62. The van der Waals surface area contributed by atoms with Crippen molar-refractivity contribution in [2.75, 3.05) is 13.1 Å². The summed E-state index contributed by atoms with van der Waals surface area (Å²) in [6.45, 7) is 2.76. The molecule has 90 valence electrons. The molecule has 1 unspecified atom stereocenters. The number of hydrogen-bond acceptors (Lipinski definition) is 4. The largest absolute Gasteiger partial charge is 0.481 e. The summed E-state index contributed by atoms with van der Waals surface area (Å²) < 4.78 is 0. The highest BCUT2D eigenvalue weighted by Crippen LogP contribution is 2.21. The minimum Gasteiger partial charge on any atom is -0.481 e. The maximum absolute atomic E-state index is 11.3. The number of aliphatic carboxylic acids is 1. The molecule has 7 nitrogen and oxygen atoms in total. The highest BCUT2D eigenvalue weighted by atomic mass is 16.4. The molecular weight excluding hydrogens is 214 g/mol. The standard InChI is InChI=1S/C9H15N3O4/c1-5(8(15)11-9(10)16)12-3-6(4-12)2-7(13)14/h5-6H,2-4H2,1H3,(H,13,14)(H3,10,11,15,16). The van der Waals surface area contributed by atoms with Crippen LogP contribution in [-0.4, -0.2) is 47.0 Å². The van der Waals surface area contributed by atoms with Crippen molar-refractivity contribution in [3.63, 3.8) is 0 Å². The third-order valence-corrected chi connectivity index (χ3v) is 2.62. The molecule has 0 saturated carbocycles. The molecule has 7 heteroatoms. The second kappa shape index (κ2) is 4.93. The van der Waals surface area contributed by atoms with Crippen LogP contribution in [0.5, 0.6) is 0 Å². The number of nitrogens with two attached hydrogens (primary N) is 1. The minimum absolute atomic E-state index is 0.0846. The average molecular weight is 229 g/mol. The second-order valence-electron chi connectivity index (χ2n) is 3.95. The van der Waals surface area contributed by atoms with Gasteiger partial charge in [-0.1, -0.05) is 0 Å². The fourth-order valence-electron chi connectivity index (χ4n) is 1.69. The van der Waals surface area contributed by atoms with E-state index in [-0.39, 0.29) is 12.3 Å². The van der Waals surface area contributed by atoms with Crippen LogP contribution in [0.15, 0.2) is 0 Å². The van der Waals surface area contributed by atoms with Gasteiger partial charge in [-0.25, -0.2) is 4.79 Å². The van der Waals surface area contributed by atoms with Gasteiger partial charge in [0.05, 0.1) is 12.5 Å². The smallest absolute Gasteiger partial charge is 0.318 e. The molecule has 0 radical (unpaired) electrons. The van der Waals surface area contributed by atoms with E-state index in [4.69, 9.17) is 10.8 Å². The van der Waals surface area contributed by atoms with Crippen LogP contribution in [0.1, 0.15) is 13.3 Å². The topological polar surface area (TPSA) is 113 Å². The summed E-state index contributed by atoms with van der Waals surface area (Å²) in [5, 5.41) is 10.5. The number of hydrogen-bond donors (Lipinski definition) is 3. The fourth-order valence-corrected chi connectivity index (χ4v) is 1.69. The number of likely N-dealkylation sites (tertiary alicyclic amines) is 1. The summed E-state index contributed by atoms with van der Waals surface area (Å²) in [4.78, 5) is 34.0. The Morgan fingerprint density at radius 2 is 2.06 bits per heavy atom. The second-order valence-corrected chi connectivity index (χ2v) is 3.95. The van der Waals surface area contributed by atoms with Crippen LogP contribution >= 0.6 is 0 Å². The van der Waals surface area contributed by atoms with Gasteiger partial charge in [0.2, 0.25) is 5.91 Å². The Bertz CT molecular complexity index is 312. The van der Waals surface area contributed by atoms with Gasteiger partial charge >= 0.3 is 12.0 Å². The molecule has 1 rings (SSSR count). The van der Waals surface area contributed by atoms with Crippen LogP contribution in [0, 0.1) is 5.92 Å². The minimum atomic E-state index is -0.876. The predicted molar refractivity (Wildman–Crippen MR) is 54.5 cm³/mol. The number of amides is 3. The molecule has 0 spiro atoms. The zero-order valence-corrected chi connectivity index (χ0v) is 8.97. The molecule has 0 aromatic carbocycles. The Labute approximate surface area is 92.6 Å². The van der Waals surface area contributed by atoms with E-state index in [0.29, 0.717) is 13.1 Å². The quantitative estimate of drug-likeness (QED) is 0.571. The van der Waals surface area contributed by atoms with Gasteiger partial charge in [0.25, 0.3) is 0 Å². The van der Waals surface area contributed by atoms with E-state index in [2.05, 4.69) is 0 Å². The molecule has 3 amide bonds. The number of imide groups is 1. The SMILES string of the molecule is CC(C(=O)NC(N)=O)N1CC(CC(=O)O)C1. The lowest BCUT2D eigenvalue weighted by Gasteiger charge is -2.41. The first kappa shape index (κ1) is 12.4. The Hall–Kier alpha value is -1.63. The van der Waals surface area contributed by atoms with Gasteiger partial charge in [-0.05, 0) is 12.8 Å². The highest BCUT2D eigenvalue weighted by molar-refractivity contribution is 5.96. The predicted octanol–water partition coefficient (Wildman–Crippen LogP) is -1.02. The number of carbonyl (C=O) groups is 3. The number of urea groups is 1. The van der Waals surface area contributed by atoms with E-state index < -0.39 is 23.9 Å². The number of rotatable bonds is 4. The van der Waals surface area contributed by atoms with Gasteiger partial charge in [0.15, 0.2) is 0 Å². The molecule has 0 bridgehead atoms. The lowest BCUT2D eigenvalue weighted by atomic mass is 9.94. The van der Waals surface area contributed by atoms with Crippen molar-refractivity contribution in [1.29, 1.82) is 0 Å². The van der Waals surface area contributed by atoms with E-state index in [1.54, 1.807) is 11.8 Å². The first-order valence-corrected chi connectivity index (χ1v) is 4.96. The molecule has 1 heterocycles. The van der Waals surface area contributed by atoms with E-state index in [1.165, 1.54) is 0 Å². The molecule has 1 fully saturated rings. The van der Waals surface area contributed by atoms with E-state index in [1.807, 2.05) is 5.32 Å². The lowest BCUT2D eigenvalue weighted by molar-refractivity contribution is -0.140. The van der Waals surface area contributed by atoms with Crippen LogP contribution in [0.3, 0.4) is 0 Å². The van der Waals surface area contributed by atoms with Crippen molar-refractivity contribution in [3.05, 3.63) is 0 Å². The van der Waals surface area contributed by atoms with Crippen LogP contribution in [0.25, 0.3) is 0 Å². The van der Waals surface area contributed by atoms with Crippen LogP contribution in [0.2, 0.25) is 0 Å². The number of nitrogens with one attached hydrogen (secondary N) is 1. The van der Waals surface area contributed by atoms with E-state index in [9.17, 15) is 14.4 Å². The van der Waals surface area contributed by atoms with Gasteiger partial charge in [-0.3, -0.25) is 19.8 Å². The Kier molecular flexibility index (Phi) is 3.83. The summed E-state index contributed by atoms with van der Waals surface area (Å²) in [6, 6.07) is -1.34. The van der Waals surface area contributed by atoms with Gasteiger partial charge in [0.1, 0.15) is 0 Å². The molecule has 4 N–H and O–H groups in total. The number of primary amides is 1. The fraction of sp³-hybridized carbons (Fsp3) is 0.667. The first-order valence-electron chi connectivity index (χ1n) is 4.96. The molecule has 1 aliphatic rings. The Morgan fingerprint density at radius 1 is 1.50 bits per heavy atom. The normalized spacial score (nSPS) is 18.6. The van der Waals surface area contributed by atoms with Crippen molar-refractivity contribution in [2.24, 2.45) is 11.7 Å². The average Bonchev–Trinajstić information content (AvgIpc) is 2.07. The zero-order chi connectivity index (χ0) is 12.3. The third kappa shape index (κ3) is 3.20. The number of carbonyl (C=O) groups excluding carboxylic acids is 2. The van der Waals surface area contributed by atoms with Crippen LogP contribution in [0.4, 0.5) is 4.79 Å². The molecule has 0 aromatic heterocycles. The van der Waals surface area contributed by atoms with Crippen molar-refractivity contribution in [3.8, 4) is 0 Å². The number of carboxylic acid groups (broad SMARTS) is 1. The first-order chi connectivity index (χ1) is 7.40. The highest BCUT2D eigenvalue weighted by Gasteiger charge is 2.34. The van der Waals surface area contributed by atoms with E-state index >= 15 is 0 Å². The van der Waals surface area contributed by atoms with Crippen molar-refractivity contribution in [2.45, 2.75) is 19.4 Å². The summed E-state index contributed by atoms with van der Waals surface area (Å²) in [5.41, 5.74) is 4.82. The van der Waals surface area contributed by atoms with Gasteiger partial charge in [0, 0.05) is 13.1 Å². The monoisotopic (exact) mass is 229 g/mol. The summed E-state index contributed by atoms with van der Waals surface area (Å²) in [6.07, 6.45) is 0.112. The van der Waals surface area contributed by atoms with Gasteiger partial charge in [-0.2, -0.15) is 0 Å².